The zero-order chi connectivity index (χ0) is 27.0. The molecule has 1 heterocycles. The summed E-state index contributed by atoms with van der Waals surface area (Å²) < 4.78 is 34.2. The van der Waals surface area contributed by atoms with Crippen LogP contribution in [0.1, 0.15) is 51.2 Å². The van der Waals surface area contributed by atoms with Gasteiger partial charge in [0.05, 0.1) is 29.7 Å². The average Bonchev–Trinajstić information content (AvgIpc) is 3.38. The standard InChI is InChI=1S/C28H41N3O5S/c1-4-6-15-31(37(34,35)23-12-13-26-22(18-23)14-16-36-26)19-25(32)24(17-21-10-8-7-9-11-21)30-28(33)27(29)20(3)5-2/h7-13,18,20,24-25,27,32H,4-6,14-17,19,29H2,1-3H3,(H,30,33)/t20-,24-,25+,27-/m0/s1. The molecule has 0 aromatic heterocycles. The second-order valence-corrected chi connectivity index (χ2v) is 11.8. The molecule has 8 nitrogen and oxygen atoms in total. The molecule has 0 unspecified atom stereocenters. The Morgan fingerprint density at radius 3 is 2.59 bits per heavy atom. The Bertz CT molecular complexity index is 1130. The lowest BCUT2D eigenvalue weighted by Gasteiger charge is -2.31. The topological polar surface area (TPSA) is 122 Å². The minimum Gasteiger partial charge on any atom is -0.493 e. The summed E-state index contributed by atoms with van der Waals surface area (Å²) in [7, 11) is -3.88. The number of aliphatic hydroxyl groups is 1. The zero-order valence-electron chi connectivity index (χ0n) is 22.1. The van der Waals surface area contributed by atoms with Gasteiger partial charge in [0.1, 0.15) is 5.75 Å². The van der Waals surface area contributed by atoms with Crippen molar-refractivity contribution in [2.45, 2.75) is 76.0 Å². The van der Waals surface area contributed by atoms with Gasteiger partial charge in [0, 0.05) is 19.5 Å². The number of unbranched alkanes of at least 4 members (excludes halogenated alkanes) is 1. The van der Waals surface area contributed by atoms with Gasteiger partial charge >= 0.3 is 0 Å². The number of carbonyl (C=O) groups excluding carboxylic acids is 1. The summed E-state index contributed by atoms with van der Waals surface area (Å²) in [4.78, 5) is 13.1. The minimum atomic E-state index is -3.88. The lowest BCUT2D eigenvalue weighted by atomic mass is 9.97. The van der Waals surface area contributed by atoms with Crippen molar-refractivity contribution in [1.29, 1.82) is 0 Å². The molecule has 4 N–H and O–H groups in total. The molecule has 37 heavy (non-hydrogen) atoms. The highest BCUT2D eigenvalue weighted by atomic mass is 32.2. The van der Waals surface area contributed by atoms with Crippen LogP contribution in [0.4, 0.5) is 0 Å². The van der Waals surface area contributed by atoms with Crippen LogP contribution in [-0.2, 0) is 27.7 Å². The number of nitrogens with zero attached hydrogens (tertiary/aromatic N) is 1. The van der Waals surface area contributed by atoms with E-state index < -0.39 is 28.2 Å². The molecule has 0 aliphatic carbocycles. The molecule has 2 aromatic rings. The van der Waals surface area contributed by atoms with E-state index in [0.29, 0.717) is 31.6 Å². The Labute approximate surface area is 221 Å². The number of hydrogen-bond donors (Lipinski definition) is 3. The van der Waals surface area contributed by atoms with Gasteiger partial charge in [0.2, 0.25) is 15.9 Å². The molecule has 1 aliphatic rings. The first-order valence-electron chi connectivity index (χ1n) is 13.2. The molecule has 0 radical (unpaired) electrons. The van der Waals surface area contributed by atoms with Crippen LogP contribution in [0.15, 0.2) is 53.4 Å². The van der Waals surface area contributed by atoms with Crippen LogP contribution in [0.25, 0.3) is 0 Å². The minimum absolute atomic E-state index is 0.0280. The van der Waals surface area contributed by atoms with Crippen LogP contribution in [0.2, 0.25) is 0 Å². The van der Waals surface area contributed by atoms with Crippen molar-refractivity contribution in [2.75, 3.05) is 19.7 Å². The number of rotatable bonds is 14. The number of nitrogens with two attached hydrogens (primary N) is 1. The Kier molecular flexibility index (Phi) is 10.5. The smallest absolute Gasteiger partial charge is 0.243 e. The Morgan fingerprint density at radius 1 is 1.19 bits per heavy atom. The van der Waals surface area contributed by atoms with Gasteiger partial charge in [-0.25, -0.2) is 8.42 Å². The monoisotopic (exact) mass is 531 g/mol. The molecule has 2 aromatic carbocycles. The van der Waals surface area contributed by atoms with E-state index in [4.69, 9.17) is 10.5 Å². The molecule has 3 rings (SSSR count). The van der Waals surface area contributed by atoms with Crippen LogP contribution in [0.5, 0.6) is 5.75 Å². The quantitative estimate of drug-likeness (QED) is 0.345. The summed E-state index contributed by atoms with van der Waals surface area (Å²) in [6, 6.07) is 13.0. The van der Waals surface area contributed by atoms with Gasteiger partial charge in [-0.05, 0) is 48.1 Å². The summed E-state index contributed by atoms with van der Waals surface area (Å²) >= 11 is 0. The lowest BCUT2D eigenvalue weighted by molar-refractivity contribution is -0.125. The van der Waals surface area contributed by atoms with E-state index in [0.717, 1.165) is 24.0 Å². The fourth-order valence-corrected chi connectivity index (χ4v) is 5.94. The first-order valence-corrected chi connectivity index (χ1v) is 14.6. The SMILES string of the molecule is CCCCN(C[C@@H](O)[C@H](Cc1ccccc1)NC(=O)[C@@H](N)[C@@H](C)CC)S(=O)(=O)c1ccc2c(c1)CCO2. The number of carbonyl (C=O) groups is 1. The van der Waals surface area contributed by atoms with Crippen LogP contribution >= 0.6 is 0 Å². The first kappa shape index (κ1) is 29.1. The Balaban J connectivity index is 1.85. The van der Waals surface area contributed by atoms with E-state index in [1.54, 1.807) is 18.2 Å². The maximum absolute atomic E-state index is 13.7. The maximum Gasteiger partial charge on any atom is 0.243 e. The molecule has 0 fully saturated rings. The van der Waals surface area contributed by atoms with Crippen molar-refractivity contribution < 1.29 is 23.1 Å². The summed E-state index contributed by atoms with van der Waals surface area (Å²) in [5.74, 6) is 0.332. The molecule has 1 aliphatic heterocycles. The van der Waals surface area contributed by atoms with Crippen molar-refractivity contribution in [3.63, 3.8) is 0 Å². The molecule has 0 bridgehead atoms. The number of amides is 1. The van der Waals surface area contributed by atoms with E-state index in [1.807, 2.05) is 51.1 Å². The van der Waals surface area contributed by atoms with Crippen molar-refractivity contribution in [3.05, 3.63) is 59.7 Å². The molecule has 0 saturated heterocycles. The predicted molar refractivity (Wildman–Crippen MR) is 145 cm³/mol. The molecule has 9 heteroatoms. The second-order valence-electron chi connectivity index (χ2n) is 9.87. The van der Waals surface area contributed by atoms with Gasteiger partial charge in [-0.1, -0.05) is 63.9 Å². The average molecular weight is 532 g/mol. The zero-order valence-corrected chi connectivity index (χ0v) is 22.9. The lowest BCUT2D eigenvalue weighted by Crippen LogP contribution is -2.55. The number of aliphatic hydroxyl groups excluding tert-OH is 1. The summed E-state index contributed by atoms with van der Waals surface area (Å²) in [6.07, 6.45) is 2.06. The second kappa shape index (κ2) is 13.4. The number of ether oxygens (including phenoxy) is 1. The van der Waals surface area contributed by atoms with Crippen molar-refractivity contribution in [1.82, 2.24) is 9.62 Å². The Morgan fingerprint density at radius 2 is 1.92 bits per heavy atom. The van der Waals surface area contributed by atoms with E-state index in [1.165, 1.54) is 4.31 Å². The van der Waals surface area contributed by atoms with E-state index in [2.05, 4.69) is 5.32 Å². The molecule has 4 atom stereocenters. The highest BCUT2D eigenvalue weighted by Gasteiger charge is 2.32. The van der Waals surface area contributed by atoms with Crippen LogP contribution in [-0.4, -0.2) is 61.6 Å². The maximum atomic E-state index is 13.7. The molecular weight excluding hydrogens is 490 g/mol. The molecular formula is C28H41N3O5S. The van der Waals surface area contributed by atoms with Gasteiger partial charge < -0.3 is 20.9 Å². The summed E-state index contributed by atoms with van der Waals surface area (Å²) in [6.45, 7) is 6.52. The Hall–Kier alpha value is -2.46. The highest BCUT2D eigenvalue weighted by Crippen LogP contribution is 2.29. The number of benzene rings is 2. The van der Waals surface area contributed by atoms with E-state index in [9.17, 15) is 18.3 Å². The number of nitrogens with one attached hydrogen (secondary N) is 1. The van der Waals surface area contributed by atoms with E-state index >= 15 is 0 Å². The first-order chi connectivity index (χ1) is 17.7. The largest absolute Gasteiger partial charge is 0.493 e. The summed E-state index contributed by atoms with van der Waals surface area (Å²) in [5.41, 5.74) is 7.95. The van der Waals surface area contributed by atoms with Gasteiger partial charge in [-0.15, -0.1) is 0 Å². The van der Waals surface area contributed by atoms with Crippen LogP contribution < -0.4 is 15.8 Å². The van der Waals surface area contributed by atoms with Crippen LogP contribution in [0, 0.1) is 5.92 Å². The van der Waals surface area contributed by atoms with Gasteiger partial charge in [0.25, 0.3) is 0 Å². The highest BCUT2D eigenvalue weighted by molar-refractivity contribution is 7.89. The number of hydrogen-bond acceptors (Lipinski definition) is 6. The van der Waals surface area contributed by atoms with Crippen molar-refractivity contribution >= 4 is 15.9 Å². The fourth-order valence-electron chi connectivity index (χ4n) is 4.39. The number of fused-ring (bicyclic) bond motifs is 1. The van der Waals surface area contributed by atoms with E-state index in [-0.39, 0.29) is 29.8 Å². The van der Waals surface area contributed by atoms with Gasteiger partial charge in [-0.2, -0.15) is 4.31 Å². The third-order valence-corrected chi connectivity index (χ3v) is 8.96. The summed E-state index contributed by atoms with van der Waals surface area (Å²) in [5, 5.41) is 14.3. The number of sulfonamides is 1. The van der Waals surface area contributed by atoms with Gasteiger partial charge in [-0.3, -0.25) is 4.79 Å². The van der Waals surface area contributed by atoms with Crippen molar-refractivity contribution in [3.8, 4) is 5.75 Å². The molecule has 1 amide bonds. The normalized spacial score (nSPS) is 16.5. The molecule has 0 saturated carbocycles. The fraction of sp³-hybridized carbons (Fsp3) is 0.536. The van der Waals surface area contributed by atoms with Crippen molar-refractivity contribution in [2.24, 2.45) is 11.7 Å². The molecule has 0 spiro atoms. The third-order valence-electron chi connectivity index (χ3n) is 7.10. The third kappa shape index (κ3) is 7.54. The molecule has 204 valence electrons. The van der Waals surface area contributed by atoms with Gasteiger partial charge in [0.15, 0.2) is 0 Å². The predicted octanol–water partition coefficient (Wildman–Crippen LogP) is 2.87. The van der Waals surface area contributed by atoms with Crippen LogP contribution in [0.3, 0.4) is 0 Å².